The summed E-state index contributed by atoms with van der Waals surface area (Å²) in [6.07, 6.45) is 3.55. The maximum Gasteiger partial charge on any atom is 0.240 e. The molecule has 2 aromatic carbocycles. The van der Waals surface area contributed by atoms with Gasteiger partial charge in [0.1, 0.15) is 23.7 Å². The number of benzene rings is 2. The highest BCUT2D eigenvalue weighted by Crippen LogP contribution is 2.61. The Kier molecular flexibility index (Phi) is 12.7. The molecule has 0 unspecified atom stereocenters. The minimum atomic E-state index is -0.486. The van der Waals surface area contributed by atoms with Gasteiger partial charge in [0.05, 0.1) is 20.3 Å². The molecule has 9 heteroatoms. The van der Waals surface area contributed by atoms with Crippen LogP contribution in [-0.2, 0) is 29.3 Å². The zero-order valence-electron chi connectivity index (χ0n) is 32.0. The van der Waals surface area contributed by atoms with E-state index >= 15 is 4.39 Å². The van der Waals surface area contributed by atoms with Gasteiger partial charge in [0, 0.05) is 43.2 Å². The van der Waals surface area contributed by atoms with Crippen molar-refractivity contribution in [3.63, 3.8) is 0 Å². The summed E-state index contributed by atoms with van der Waals surface area (Å²) in [5, 5.41) is 15.6. The van der Waals surface area contributed by atoms with Gasteiger partial charge < -0.3 is 20.1 Å². The molecule has 50 heavy (non-hydrogen) atoms. The van der Waals surface area contributed by atoms with E-state index in [-0.39, 0.29) is 36.3 Å². The number of halogens is 1. The van der Waals surface area contributed by atoms with Gasteiger partial charge in [-0.3, -0.25) is 14.5 Å². The normalized spacial score (nSPS) is 28.2. The Morgan fingerprint density at radius 2 is 1.86 bits per heavy atom. The fourth-order valence-electron chi connectivity index (χ4n) is 9.41. The van der Waals surface area contributed by atoms with Crippen LogP contribution in [-0.4, -0.2) is 84.5 Å². The Bertz CT molecular complexity index is 1430. The lowest BCUT2D eigenvalue weighted by Gasteiger charge is -2.62. The van der Waals surface area contributed by atoms with Crippen molar-refractivity contribution >= 4 is 5.91 Å². The number of nitrogens with zero attached hydrogens (tertiary/aromatic N) is 3. The number of amides is 1. The van der Waals surface area contributed by atoms with E-state index in [1.165, 1.54) is 12.5 Å². The number of likely N-dealkylation sites (N-methyl/N-ethyl adjacent to an activating group) is 1. The molecule has 2 bridgehead atoms. The van der Waals surface area contributed by atoms with Gasteiger partial charge in [-0.25, -0.2) is 4.39 Å². The number of carbonyl (C=O) groups excluding carboxylic acids is 1. The third-order valence-electron chi connectivity index (χ3n) is 12.3. The fraction of sp³-hybridized carbons (Fsp3) is 0.683. The first-order valence-electron chi connectivity index (χ1n) is 18.9. The van der Waals surface area contributed by atoms with Gasteiger partial charge in [-0.1, -0.05) is 71.9 Å². The summed E-state index contributed by atoms with van der Waals surface area (Å²) >= 11 is 0. The smallest absolute Gasteiger partial charge is 0.240 e. The highest BCUT2D eigenvalue weighted by atomic mass is 19.1. The maximum atomic E-state index is 15.3. The zero-order chi connectivity index (χ0) is 36.3. The minimum Gasteiger partial charge on any atom is -0.496 e. The molecule has 3 aliphatic carbocycles. The van der Waals surface area contributed by atoms with Crippen LogP contribution in [0, 0.1) is 40.8 Å². The van der Waals surface area contributed by atoms with Crippen molar-refractivity contribution in [2.75, 3.05) is 34.4 Å². The third-order valence-corrected chi connectivity index (χ3v) is 12.3. The summed E-state index contributed by atoms with van der Waals surface area (Å²) < 4.78 is 20.9. The number of fused-ring (bicyclic) bond motifs is 2. The van der Waals surface area contributed by atoms with Crippen LogP contribution in [0.5, 0.6) is 5.75 Å². The quantitative estimate of drug-likeness (QED) is 0.208. The van der Waals surface area contributed by atoms with Crippen molar-refractivity contribution in [3.05, 3.63) is 65.0 Å². The molecule has 3 saturated carbocycles. The van der Waals surface area contributed by atoms with Crippen molar-refractivity contribution in [2.45, 2.75) is 111 Å². The van der Waals surface area contributed by atoms with Gasteiger partial charge in [-0.15, -0.1) is 0 Å². The lowest BCUT2D eigenvalue weighted by molar-refractivity contribution is -0.183. The second kappa shape index (κ2) is 16.4. The third kappa shape index (κ3) is 8.39. The molecular formula is C41H63FN4O4. The van der Waals surface area contributed by atoms with Crippen molar-refractivity contribution in [3.8, 4) is 5.75 Å². The average Bonchev–Trinajstić information content (AvgIpc) is 3.42. The summed E-state index contributed by atoms with van der Waals surface area (Å²) in [5.41, 5.74) is 3.04. The molecule has 0 radical (unpaired) electrons. The SMILES string of the molecule is CC[C@@H]1[C@H](CO)ON(Cc2cccc(CN(Cc3c(F)cccc3OC)[C@@H](CC(C)C)CN(C)C)c2)[C@@H]1C(=O)N[C@H]1C[C@H]2C[C@@H]([C@@H]1C)C2(C)C. The van der Waals surface area contributed by atoms with E-state index in [4.69, 9.17) is 9.57 Å². The van der Waals surface area contributed by atoms with Gasteiger partial charge in [-0.2, -0.15) is 5.06 Å². The number of ether oxygens (including phenoxy) is 1. The molecular weight excluding hydrogens is 631 g/mol. The molecule has 4 aliphatic rings. The molecule has 1 amide bonds. The van der Waals surface area contributed by atoms with Gasteiger partial charge in [-0.05, 0) is 92.1 Å². The van der Waals surface area contributed by atoms with Gasteiger partial charge >= 0.3 is 0 Å². The number of aliphatic hydroxyl groups is 1. The second-order valence-electron chi connectivity index (χ2n) is 16.7. The van der Waals surface area contributed by atoms with Crippen LogP contribution >= 0.6 is 0 Å². The largest absolute Gasteiger partial charge is 0.496 e. The molecule has 1 heterocycles. The number of hydroxylamine groups is 2. The zero-order valence-corrected chi connectivity index (χ0v) is 32.0. The summed E-state index contributed by atoms with van der Waals surface area (Å²) in [7, 11) is 5.76. The maximum absolute atomic E-state index is 15.3. The van der Waals surface area contributed by atoms with E-state index in [0.717, 1.165) is 36.9 Å². The van der Waals surface area contributed by atoms with E-state index in [1.54, 1.807) is 13.2 Å². The fourth-order valence-corrected chi connectivity index (χ4v) is 9.41. The molecule has 0 spiro atoms. The Labute approximate surface area is 300 Å². The van der Waals surface area contributed by atoms with Crippen molar-refractivity contribution in [1.82, 2.24) is 20.2 Å². The predicted octanol–water partition coefficient (Wildman–Crippen LogP) is 6.50. The van der Waals surface area contributed by atoms with E-state index < -0.39 is 12.1 Å². The highest BCUT2D eigenvalue weighted by molar-refractivity contribution is 5.82. The standard InChI is InChI=1S/C41H63FN4O4/c1-10-32-38(25-47)50-46(39(32)40(48)43-36-20-30-19-34(27(36)4)41(30,5)6)22-29-14-11-13-28(18-29)21-45(31(17-26(2)3)23-44(7)8)24-33-35(42)15-12-16-37(33)49-9/h11-16,18,26-27,30-32,34,36,38-39,47H,10,17,19-25H2,1-9H3,(H,43,48)/t27-,30+,31-,32+,34-,36-,38-,39-/m0/s1. The number of carbonyl (C=O) groups is 1. The lowest BCUT2D eigenvalue weighted by Crippen LogP contribution is -2.62. The van der Waals surface area contributed by atoms with Crippen LogP contribution in [0.25, 0.3) is 0 Å². The van der Waals surface area contributed by atoms with E-state index in [9.17, 15) is 9.90 Å². The summed E-state index contributed by atoms with van der Waals surface area (Å²) in [4.78, 5) is 25.0. The van der Waals surface area contributed by atoms with Crippen LogP contribution < -0.4 is 10.1 Å². The van der Waals surface area contributed by atoms with Crippen LogP contribution in [0.4, 0.5) is 4.39 Å². The average molecular weight is 695 g/mol. The van der Waals surface area contributed by atoms with Crippen molar-refractivity contribution in [2.24, 2.45) is 35.0 Å². The summed E-state index contributed by atoms with van der Waals surface area (Å²) in [6, 6.07) is 13.3. The first kappa shape index (κ1) is 38.7. The number of hydrogen-bond acceptors (Lipinski definition) is 7. The van der Waals surface area contributed by atoms with Gasteiger partial charge in [0.15, 0.2) is 0 Å². The first-order chi connectivity index (χ1) is 23.8. The van der Waals surface area contributed by atoms with Gasteiger partial charge in [0.2, 0.25) is 5.91 Å². The topological polar surface area (TPSA) is 77.5 Å². The summed E-state index contributed by atoms with van der Waals surface area (Å²) in [6.45, 7) is 15.8. The second-order valence-corrected chi connectivity index (χ2v) is 16.7. The summed E-state index contributed by atoms with van der Waals surface area (Å²) in [5.74, 6) is 2.36. The van der Waals surface area contributed by atoms with Crippen molar-refractivity contribution < 1.29 is 23.9 Å². The van der Waals surface area contributed by atoms with Crippen LogP contribution in [0.15, 0.2) is 42.5 Å². The molecule has 6 rings (SSSR count). The molecule has 8 nitrogen and oxygen atoms in total. The molecule has 1 saturated heterocycles. The molecule has 8 atom stereocenters. The molecule has 1 aliphatic heterocycles. The highest BCUT2D eigenvalue weighted by Gasteiger charge is 2.57. The molecule has 4 fully saturated rings. The van der Waals surface area contributed by atoms with Gasteiger partial charge in [0.25, 0.3) is 0 Å². The molecule has 2 N–H and O–H groups in total. The molecule has 278 valence electrons. The Morgan fingerprint density at radius 1 is 1.14 bits per heavy atom. The first-order valence-corrected chi connectivity index (χ1v) is 18.9. The van der Waals surface area contributed by atoms with Crippen LogP contribution in [0.2, 0.25) is 0 Å². The Balaban J connectivity index is 1.37. The molecule has 0 aromatic heterocycles. The van der Waals surface area contributed by atoms with E-state index in [2.05, 4.69) is 95.0 Å². The number of hydrogen-bond donors (Lipinski definition) is 2. The minimum absolute atomic E-state index is 0.00475. The van der Waals surface area contributed by atoms with Crippen molar-refractivity contribution in [1.29, 1.82) is 0 Å². The monoisotopic (exact) mass is 694 g/mol. The number of nitrogens with one attached hydrogen (secondary N) is 1. The van der Waals surface area contributed by atoms with Crippen LogP contribution in [0.1, 0.15) is 83.9 Å². The number of methoxy groups -OCH3 is 1. The number of rotatable bonds is 16. The van der Waals surface area contributed by atoms with E-state index in [0.29, 0.717) is 60.0 Å². The lowest BCUT2D eigenvalue weighted by atomic mass is 9.45. The number of aliphatic hydroxyl groups excluding tert-OH is 1. The Morgan fingerprint density at radius 3 is 2.48 bits per heavy atom. The van der Waals surface area contributed by atoms with Crippen LogP contribution in [0.3, 0.4) is 0 Å². The van der Waals surface area contributed by atoms with E-state index in [1.807, 2.05) is 11.1 Å². The Hall–Kier alpha value is -2.56. The predicted molar refractivity (Wildman–Crippen MR) is 197 cm³/mol. The molecule has 2 aromatic rings.